The van der Waals surface area contributed by atoms with Crippen molar-refractivity contribution in [1.29, 1.82) is 0 Å². The summed E-state index contributed by atoms with van der Waals surface area (Å²) in [7, 11) is 3.74. The van der Waals surface area contributed by atoms with E-state index >= 15 is 0 Å². The summed E-state index contributed by atoms with van der Waals surface area (Å²) in [4.78, 5) is 4.18. The van der Waals surface area contributed by atoms with Crippen molar-refractivity contribution in [3.63, 3.8) is 0 Å². The van der Waals surface area contributed by atoms with Crippen LogP contribution >= 0.6 is 0 Å². The second-order valence-electron chi connectivity index (χ2n) is 2.73. The second kappa shape index (κ2) is 5.09. The normalized spacial score (nSPS) is 11.2. The Hall–Kier alpha value is -1.64. The molecule has 0 spiro atoms. The summed E-state index contributed by atoms with van der Waals surface area (Å²) in [6.07, 6.45) is 3.34. The molecule has 0 saturated carbocycles. The van der Waals surface area contributed by atoms with Crippen molar-refractivity contribution in [3.8, 4) is 0 Å². The Morgan fingerprint density at radius 1 is 1.08 bits per heavy atom. The van der Waals surface area contributed by atoms with E-state index in [0.717, 1.165) is 5.69 Å². The van der Waals surface area contributed by atoms with Crippen LogP contribution in [0.5, 0.6) is 0 Å². The van der Waals surface area contributed by atoms with Gasteiger partial charge in [0.2, 0.25) is 0 Å². The first-order valence-electron chi connectivity index (χ1n) is 4.08. The molecule has 0 saturated heterocycles. The molecule has 1 aromatic rings. The highest BCUT2D eigenvalue weighted by Crippen LogP contribution is 2.07. The van der Waals surface area contributed by atoms with Gasteiger partial charge < -0.3 is 5.01 Å². The van der Waals surface area contributed by atoms with Gasteiger partial charge in [-0.05, 0) is 12.1 Å². The highest BCUT2D eigenvalue weighted by Gasteiger charge is 1.80. The number of hydrogen-bond acceptors (Lipinski definition) is 3. The van der Waals surface area contributed by atoms with Crippen LogP contribution in [-0.4, -0.2) is 31.5 Å². The van der Waals surface area contributed by atoms with E-state index in [2.05, 4.69) is 10.1 Å². The summed E-state index contributed by atoms with van der Waals surface area (Å²) < 4.78 is 0. The molecule has 0 aromatic heterocycles. The maximum absolute atomic E-state index is 4.18. The lowest BCUT2D eigenvalue weighted by Crippen LogP contribution is -2.01. The molecule has 1 rings (SSSR count). The molecule has 0 aliphatic rings. The van der Waals surface area contributed by atoms with Crippen LogP contribution < -0.4 is 0 Å². The second-order valence-corrected chi connectivity index (χ2v) is 2.73. The molecule has 0 fully saturated rings. The van der Waals surface area contributed by atoms with E-state index in [1.54, 1.807) is 17.4 Å². The predicted octanol–water partition coefficient (Wildman–Crippen LogP) is 1.94. The minimum atomic E-state index is 0.938. The van der Waals surface area contributed by atoms with Crippen molar-refractivity contribution in [1.82, 2.24) is 5.01 Å². The van der Waals surface area contributed by atoms with Crippen LogP contribution in [-0.2, 0) is 0 Å². The van der Waals surface area contributed by atoms with Gasteiger partial charge in [0, 0.05) is 20.3 Å². The Morgan fingerprint density at radius 2 is 1.77 bits per heavy atom. The zero-order valence-electron chi connectivity index (χ0n) is 7.88. The van der Waals surface area contributed by atoms with Gasteiger partial charge in [0.25, 0.3) is 0 Å². The molecule has 3 heteroatoms. The van der Waals surface area contributed by atoms with Gasteiger partial charge in [-0.3, -0.25) is 4.99 Å². The average Bonchev–Trinajstić information content (AvgIpc) is 2.14. The number of aliphatic imine (C=N–C) groups is 1. The van der Waals surface area contributed by atoms with Crippen molar-refractivity contribution in [2.45, 2.75) is 0 Å². The van der Waals surface area contributed by atoms with Crippen molar-refractivity contribution >= 4 is 18.1 Å². The molecular weight excluding hydrogens is 162 g/mol. The third-order valence-corrected chi connectivity index (χ3v) is 1.34. The monoisotopic (exact) mass is 175 g/mol. The van der Waals surface area contributed by atoms with Gasteiger partial charge in [-0.2, -0.15) is 5.10 Å². The first kappa shape index (κ1) is 9.45. The van der Waals surface area contributed by atoms with Gasteiger partial charge in [-0.15, -0.1) is 0 Å². The smallest absolute Gasteiger partial charge is 0.0653 e. The van der Waals surface area contributed by atoms with E-state index in [-0.39, 0.29) is 0 Å². The maximum Gasteiger partial charge on any atom is 0.0653 e. The highest BCUT2D eigenvalue weighted by atomic mass is 15.4. The molecule has 3 nitrogen and oxygen atoms in total. The van der Waals surface area contributed by atoms with Crippen LogP contribution in [0, 0.1) is 0 Å². The van der Waals surface area contributed by atoms with Gasteiger partial charge in [-0.1, -0.05) is 18.2 Å². The van der Waals surface area contributed by atoms with Gasteiger partial charge in [0.15, 0.2) is 0 Å². The fourth-order valence-corrected chi connectivity index (χ4v) is 0.797. The van der Waals surface area contributed by atoms with E-state index in [9.17, 15) is 0 Å². The van der Waals surface area contributed by atoms with E-state index in [1.807, 2.05) is 44.4 Å². The van der Waals surface area contributed by atoms with Crippen molar-refractivity contribution < 1.29 is 0 Å². The summed E-state index contributed by atoms with van der Waals surface area (Å²) in [5.74, 6) is 0. The largest absolute Gasteiger partial charge is 0.303 e. The van der Waals surface area contributed by atoms with Gasteiger partial charge >= 0.3 is 0 Å². The molecule has 0 amide bonds. The van der Waals surface area contributed by atoms with Crippen LogP contribution in [0.1, 0.15) is 0 Å². The number of benzene rings is 1. The van der Waals surface area contributed by atoms with Crippen LogP contribution in [0.2, 0.25) is 0 Å². The third kappa shape index (κ3) is 4.06. The fourth-order valence-electron chi connectivity index (χ4n) is 0.797. The summed E-state index contributed by atoms with van der Waals surface area (Å²) >= 11 is 0. The maximum atomic E-state index is 4.18. The standard InChI is InChI=1S/C10H13N3/c1-13(2)12-9-8-11-10-6-4-3-5-7-10/h3-9H,1-2H3/b11-8?,12-9+. The average molecular weight is 175 g/mol. The molecule has 0 radical (unpaired) electrons. The third-order valence-electron chi connectivity index (χ3n) is 1.34. The van der Waals surface area contributed by atoms with Crippen LogP contribution in [0.4, 0.5) is 5.69 Å². The lowest BCUT2D eigenvalue weighted by atomic mass is 10.3. The summed E-state index contributed by atoms with van der Waals surface area (Å²) in [5, 5.41) is 5.72. The topological polar surface area (TPSA) is 28.0 Å². The van der Waals surface area contributed by atoms with Gasteiger partial charge in [0.05, 0.1) is 11.9 Å². The van der Waals surface area contributed by atoms with Gasteiger partial charge in [-0.25, -0.2) is 0 Å². The van der Waals surface area contributed by atoms with Crippen LogP contribution in [0.25, 0.3) is 0 Å². The van der Waals surface area contributed by atoms with E-state index < -0.39 is 0 Å². The van der Waals surface area contributed by atoms with Gasteiger partial charge in [0.1, 0.15) is 0 Å². The molecule has 13 heavy (non-hydrogen) atoms. The van der Waals surface area contributed by atoms with Crippen LogP contribution in [0.15, 0.2) is 40.4 Å². The van der Waals surface area contributed by atoms with Crippen molar-refractivity contribution in [2.75, 3.05) is 14.1 Å². The number of rotatable bonds is 3. The van der Waals surface area contributed by atoms with E-state index in [1.165, 1.54) is 0 Å². The summed E-state index contributed by atoms with van der Waals surface area (Å²) in [5.41, 5.74) is 0.938. The Balaban J connectivity index is 2.50. The molecule has 1 aromatic carbocycles. The zero-order chi connectivity index (χ0) is 9.52. The highest BCUT2D eigenvalue weighted by molar-refractivity contribution is 6.16. The summed E-state index contributed by atoms with van der Waals surface area (Å²) in [6.45, 7) is 0. The molecular formula is C10H13N3. The molecule has 0 aliphatic heterocycles. The number of para-hydroxylation sites is 1. The number of hydrazone groups is 1. The quantitative estimate of drug-likeness (QED) is 0.509. The van der Waals surface area contributed by atoms with E-state index in [0.29, 0.717) is 0 Å². The first-order valence-corrected chi connectivity index (χ1v) is 4.08. The predicted molar refractivity (Wildman–Crippen MR) is 56.8 cm³/mol. The van der Waals surface area contributed by atoms with E-state index in [4.69, 9.17) is 0 Å². The molecule has 0 unspecified atom stereocenters. The molecule has 0 atom stereocenters. The molecule has 0 heterocycles. The lowest BCUT2D eigenvalue weighted by Gasteiger charge is -1.99. The Bertz CT molecular complexity index is 288. The SMILES string of the molecule is CN(C)/N=C/C=Nc1ccccc1. The first-order chi connectivity index (χ1) is 6.29. The molecule has 0 N–H and O–H groups in total. The Morgan fingerprint density at radius 3 is 2.38 bits per heavy atom. The van der Waals surface area contributed by atoms with Crippen molar-refractivity contribution in [3.05, 3.63) is 30.3 Å². The number of hydrogen-bond donors (Lipinski definition) is 0. The molecule has 68 valence electrons. The lowest BCUT2D eigenvalue weighted by molar-refractivity contribution is 0.441. The Kier molecular flexibility index (Phi) is 3.70. The van der Waals surface area contributed by atoms with Crippen LogP contribution in [0.3, 0.4) is 0 Å². The minimum absolute atomic E-state index is 0.938. The van der Waals surface area contributed by atoms with Crippen molar-refractivity contribution in [2.24, 2.45) is 10.1 Å². The molecule has 0 bridgehead atoms. The fraction of sp³-hybridized carbons (Fsp3) is 0.200. The minimum Gasteiger partial charge on any atom is -0.303 e. The summed E-state index contributed by atoms with van der Waals surface area (Å²) in [6, 6.07) is 9.76. The Labute approximate surface area is 78.4 Å². The number of nitrogens with zero attached hydrogens (tertiary/aromatic N) is 3. The molecule has 0 aliphatic carbocycles. The zero-order valence-corrected chi connectivity index (χ0v) is 7.88.